The number of nitro groups is 1. The number of non-ortho nitro benzene ring substituents is 1. The largest absolute Gasteiger partial charge is 0.358 e. The smallest absolute Gasteiger partial charge is 0.269 e. The molecular formula is C24H19ClN2O4. The van der Waals surface area contributed by atoms with Gasteiger partial charge in [0.05, 0.1) is 10.6 Å². The fraction of sp³-hybridized carbons (Fsp3) is 0.250. The molecule has 0 radical (unpaired) electrons. The van der Waals surface area contributed by atoms with E-state index in [9.17, 15) is 19.7 Å². The molecule has 2 aromatic rings. The van der Waals surface area contributed by atoms with Crippen molar-refractivity contribution in [2.45, 2.75) is 32.6 Å². The maximum Gasteiger partial charge on any atom is 0.269 e. The number of carbonyl (C=O) groups is 2. The molecule has 5 rings (SSSR count). The molecule has 1 atom stereocenters. The number of benzene rings is 2. The molecule has 3 aliphatic rings. The van der Waals surface area contributed by atoms with Gasteiger partial charge in [0, 0.05) is 57.5 Å². The molecule has 6 nitrogen and oxygen atoms in total. The highest BCUT2D eigenvalue weighted by molar-refractivity contribution is 6.32. The van der Waals surface area contributed by atoms with Crippen LogP contribution in [0.1, 0.15) is 54.1 Å². The third-order valence-electron chi connectivity index (χ3n) is 6.23. The SMILES string of the molecule is CC1(C)CC(=O)C2=C(C1)NC1=C(C(=O)c3ccccc31)[C@H]2c1cc([N+](=O)[O-])ccc1Cl. The van der Waals surface area contributed by atoms with Crippen molar-refractivity contribution in [2.75, 3.05) is 0 Å². The zero-order chi connectivity index (χ0) is 22.1. The lowest BCUT2D eigenvalue weighted by Gasteiger charge is -2.39. The summed E-state index contributed by atoms with van der Waals surface area (Å²) in [5.41, 5.74) is 3.71. The zero-order valence-corrected chi connectivity index (χ0v) is 17.7. The third kappa shape index (κ3) is 2.93. The number of nitrogens with one attached hydrogen (secondary N) is 1. The fourth-order valence-electron chi connectivity index (χ4n) is 4.97. The summed E-state index contributed by atoms with van der Waals surface area (Å²) in [5, 5.41) is 15.1. The van der Waals surface area contributed by atoms with Gasteiger partial charge in [0.2, 0.25) is 0 Å². The molecule has 1 aliphatic heterocycles. The number of hydrogen-bond acceptors (Lipinski definition) is 5. The lowest BCUT2D eigenvalue weighted by molar-refractivity contribution is -0.384. The molecule has 2 aliphatic carbocycles. The molecule has 0 unspecified atom stereocenters. The van der Waals surface area contributed by atoms with E-state index in [2.05, 4.69) is 5.32 Å². The van der Waals surface area contributed by atoms with Gasteiger partial charge in [0.25, 0.3) is 5.69 Å². The number of nitro benzene ring substituents is 1. The van der Waals surface area contributed by atoms with Gasteiger partial charge in [0.1, 0.15) is 0 Å². The van der Waals surface area contributed by atoms with Gasteiger partial charge in [-0.25, -0.2) is 0 Å². The summed E-state index contributed by atoms with van der Waals surface area (Å²) < 4.78 is 0. The Labute approximate surface area is 183 Å². The molecule has 0 bridgehead atoms. The monoisotopic (exact) mass is 434 g/mol. The van der Waals surface area contributed by atoms with E-state index in [1.54, 1.807) is 12.1 Å². The number of Topliss-reactive ketones (excluding diaryl/α,β-unsaturated/α-hetero) is 2. The number of nitrogens with zero attached hydrogens (tertiary/aromatic N) is 1. The molecule has 31 heavy (non-hydrogen) atoms. The Kier molecular flexibility index (Phi) is 4.21. The van der Waals surface area contributed by atoms with E-state index in [1.165, 1.54) is 18.2 Å². The molecule has 0 aromatic heterocycles. The van der Waals surface area contributed by atoms with Crippen LogP contribution in [0.2, 0.25) is 5.02 Å². The van der Waals surface area contributed by atoms with Crippen LogP contribution in [0.5, 0.6) is 0 Å². The van der Waals surface area contributed by atoms with Crippen LogP contribution in [0.3, 0.4) is 0 Å². The minimum Gasteiger partial charge on any atom is -0.358 e. The maximum absolute atomic E-state index is 13.4. The van der Waals surface area contributed by atoms with Crippen LogP contribution in [0.15, 0.2) is 59.3 Å². The topological polar surface area (TPSA) is 89.3 Å². The van der Waals surface area contributed by atoms with Gasteiger partial charge in [-0.3, -0.25) is 19.7 Å². The van der Waals surface area contributed by atoms with Crippen LogP contribution < -0.4 is 5.32 Å². The van der Waals surface area contributed by atoms with E-state index >= 15 is 0 Å². The average Bonchev–Trinajstić information content (AvgIpc) is 2.98. The molecule has 1 N–H and O–H groups in total. The Morgan fingerprint density at radius 3 is 2.48 bits per heavy atom. The highest BCUT2D eigenvalue weighted by Gasteiger charge is 2.47. The van der Waals surface area contributed by atoms with E-state index in [-0.39, 0.29) is 27.7 Å². The number of hydrogen-bond donors (Lipinski definition) is 1. The van der Waals surface area contributed by atoms with E-state index in [1.807, 2.05) is 26.0 Å². The van der Waals surface area contributed by atoms with Gasteiger partial charge >= 0.3 is 0 Å². The summed E-state index contributed by atoms with van der Waals surface area (Å²) in [7, 11) is 0. The zero-order valence-electron chi connectivity index (χ0n) is 17.0. The summed E-state index contributed by atoms with van der Waals surface area (Å²) in [6, 6.07) is 11.5. The van der Waals surface area contributed by atoms with Crippen molar-refractivity contribution in [2.24, 2.45) is 5.41 Å². The lowest BCUT2D eigenvalue weighted by atomic mass is 9.68. The minimum absolute atomic E-state index is 0.0679. The van der Waals surface area contributed by atoms with Gasteiger partial charge in [-0.15, -0.1) is 0 Å². The summed E-state index contributed by atoms with van der Waals surface area (Å²) >= 11 is 6.51. The van der Waals surface area contributed by atoms with Crippen molar-refractivity contribution in [3.63, 3.8) is 0 Å². The van der Waals surface area contributed by atoms with Crippen molar-refractivity contribution in [1.82, 2.24) is 5.32 Å². The van der Waals surface area contributed by atoms with Crippen LogP contribution in [0, 0.1) is 15.5 Å². The number of rotatable bonds is 2. The summed E-state index contributed by atoms with van der Waals surface area (Å²) in [4.78, 5) is 37.7. The number of dihydropyridines is 1. The van der Waals surface area contributed by atoms with E-state index < -0.39 is 10.8 Å². The van der Waals surface area contributed by atoms with Crippen LogP contribution in [-0.2, 0) is 4.79 Å². The molecule has 1 heterocycles. The van der Waals surface area contributed by atoms with Crippen molar-refractivity contribution in [3.8, 4) is 0 Å². The van der Waals surface area contributed by atoms with E-state index in [0.717, 1.165) is 11.3 Å². The maximum atomic E-state index is 13.4. The Morgan fingerprint density at radius 1 is 1.06 bits per heavy atom. The molecule has 0 fully saturated rings. The third-order valence-corrected chi connectivity index (χ3v) is 6.57. The first-order chi connectivity index (χ1) is 14.7. The first-order valence-corrected chi connectivity index (χ1v) is 10.4. The van der Waals surface area contributed by atoms with Gasteiger partial charge in [-0.05, 0) is 23.5 Å². The Bertz CT molecular complexity index is 1270. The molecule has 0 spiro atoms. The van der Waals surface area contributed by atoms with Gasteiger partial charge in [0.15, 0.2) is 11.6 Å². The van der Waals surface area contributed by atoms with Crippen LogP contribution in [-0.4, -0.2) is 16.5 Å². The standard InChI is InChI=1S/C24H19ClN2O4/c1-24(2)10-17-20(18(28)11-24)19(15-9-12(27(30)31)7-8-16(15)25)21-22(26-17)13-5-3-4-6-14(13)23(21)29/h3-9,19,26H,10-11H2,1-2H3/t19-/m0/s1. The summed E-state index contributed by atoms with van der Waals surface area (Å²) in [5.74, 6) is -1.00. The van der Waals surface area contributed by atoms with Crippen LogP contribution in [0.4, 0.5) is 5.69 Å². The Hall–Kier alpha value is -3.25. The molecule has 2 aromatic carbocycles. The molecule has 0 saturated heterocycles. The Morgan fingerprint density at radius 2 is 1.77 bits per heavy atom. The number of ketones is 2. The van der Waals surface area contributed by atoms with Crippen molar-refractivity contribution >= 4 is 34.6 Å². The fourth-order valence-corrected chi connectivity index (χ4v) is 5.19. The lowest BCUT2D eigenvalue weighted by Crippen LogP contribution is -2.37. The van der Waals surface area contributed by atoms with Gasteiger partial charge in [-0.2, -0.15) is 0 Å². The molecular weight excluding hydrogens is 416 g/mol. The summed E-state index contributed by atoms with van der Waals surface area (Å²) in [6.07, 6.45) is 0.963. The predicted molar refractivity (Wildman–Crippen MR) is 117 cm³/mol. The van der Waals surface area contributed by atoms with Crippen LogP contribution in [0.25, 0.3) is 5.70 Å². The second kappa shape index (κ2) is 6.62. The number of carbonyl (C=O) groups excluding carboxylic acids is 2. The van der Waals surface area contributed by atoms with Crippen molar-refractivity contribution in [1.29, 1.82) is 0 Å². The number of allylic oxidation sites excluding steroid dienone is 3. The Balaban J connectivity index is 1.79. The van der Waals surface area contributed by atoms with E-state index in [4.69, 9.17) is 11.6 Å². The second-order valence-corrected chi connectivity index (χ2v) is 9.42. The molecule has 0 saturated carbocycles. The molecule has 156 valence electrons. The van der Waals surface area contributed by atoms with E-state index in [0.29, 0.717) is 40.8 Å². The minimum atomic E-state index is -0.748. The first-order valence-electron chi connectivity index (χ1n) is 10.0. The quantitative estimate of drug-likeness (QED) is 0.519. The van der Waals surface area contributed by atoms with Crippen molar-refractivity contribution < 1.29 is 14.5 Å². The first kappa shape index (κ1) is 19.7. The average molecular weight is 435 g/mol. The predicted octanol–water partition coefficient (Wildman–Crippen LogP) is 5.19. The number of fused-ring (bicyclic) bond motifs is 2. The van der Waals surface area contributed by atoms with Crippen molar-refractivity contribution in [3.05, 3.63) is 91.1 Å². The number of halogens is 1. The highest BCUT2D eigenvalue weighted by Crippen LogP contribution is 2.52. The highest BCUT2D eigenvalue weighted by atomic mass is 35.5. The summed E-state index contributed by atoms with van der Waals surface area (Å²) in [6.45, 7) is 4.06. The second-order valence-electron chi connectivity index (χ2n) is 9.02. The normalized spacial score (nSPS) is 21.5. The molecule has 0 amide bonds. The van der Waals surface area contributed by atoms with Gasteiger partial charge < -0.3 is 5.32 Å². The molecule has 7 heteroatoms. The van der Waals surface area contributed by atoms with Gasteiger partial charge in [-0.1, -0.05) is 49.7 Å². The van der Waals surface area contributed by atoms with Crippen LogP contribution >= 0.6 is 11.6 Å².